The fraction of sp³-hybridized carbons (Fsp3) is 0.500. The molecule has 0 aromatic heterocycles. The molecular weight excluding hydrogens is 284 g/mol. The Morgan fingerprint density at radius 3 is 2.37 bits per heavy atom. The lowest BCUT2D eigenvalue weighted by molar-refractivity contribution is -0.187. The minimum Gasteiger partial charge on any atom is -0.314 e. The van der Waals surface area contributed by atoms with Crippen molar-refractivity contribution in [1.82, 2.24) is 10.2 Å². The van der Waals surface area contributed by atoms with Crippen molar-refractivity contribution in [1.29, 1.82) is 0 Å². The molecule has 0 amide bonds. The van der Waals surface area contributed by atoms with Crippen molar-refractivity contribution in [2.24, 2.45) is 0 Å². The van der Waals surface area contributed by atoms with Crippen LogP contribution in [0.2, 0.25) is 5.02 Å². The first-order chi connectivity index (χ1) is 8.89. The lowest BCUT2D eigenvalue weighted by Gasteiger charge is -2.36. The maximum absolute atomic E-state index is 13.3. The van der Waals surface area contributed by atoms with E-state index in [0.717, 1.165) is 18.2 Å². The summed E-state index contributed by atoms with van der Waals surface area (Å²) in [7, 11) is 0. The van der Waals surface area contributed by atoms with Crippen LogP contribution in [0.4, 0.5) is 17.6 Å². The summed E-state index contributed by atoms with van der Waals surface area (Å²) in [5.41, 5.74) is -0.0996. The second-order valence-corrected chi connectivity index (χ2v) is 4.80. The fourth-order valence-corrected chi connectivity index (χ4v) is 2.51. The van der Waals surface area contributed by atoms with Gasteiger partial charge < -0.3 is 5.32 Å². The van der Waals surface area contributed by atoms with Crippen molar-refractivity contribution in [2.75, 3.05) is 26.2 Å². The van der Waals surface area contributed by atoms with Crippen LogP contribution < -0.4 is 5.32 Å². The average Bonchev–Trinajstić information content (AvgIpc) is 2.32. The Balaban J connectivity index is 2.36. The Bertz CT molecular complexity index is 444. The third-order valence-corrected chi connectivity index (χ3v) is 3.41. The molecule has 7 heteroatoms. The molecule has 1 aliphatic heterocycles. The van der Waals surface area contributed by atoms with E-state index in [2.05, 4.69) is 5.32 Å². The van der Waals surface area contributed by atoms with E-state index in [1.165, 1.54) is 4.90 Å². The summed E-state index contributed by atoms with van der Waals surface area (Å²) in [6.45, 7) is 1.53. The van der Waals surface area contributed by atoms with E-state index in [0.29, 0.717) is 13.1 Å². The van der Waals surface area contributed by atoms with Crippen LogP contribution in [0.1, 0.15) is 11.6 Å². The number of halogens is 5. The zero-order valence-electron chi connectivity index (χ0n) is 9.97. The third-order valence-electron chi connectivity index (χ3n) is 3.08. The first kappa shape index (κ1) is 14.6. The molecule has 1 heterocycles. The molecule has 19 heavy (non-hydrogen) atoms. The van der Waals surface area contributed by atoms with Crippen LogP contribution in [0.3, 0.4) is 0 Å². The molecule has 1 aromatic carbocycles. The highest BCUT2D eigenvalue weighted by atomic mass is 35.5. The van der Waals surface area contributed by atoms with E-state index >= 15 is 0 Å². The summed E-state index contributed by atoms with van der Waals surface area (Å²) in [4.78, 5) is 1.32. The second-order valence-electron chi connectivity index (χ2n) is 4.40. The second kappa shape index (κ2) is 5.64. The number of nitrogens with one attached hydrogen (secondary N) is 1. The van der Waals surface area contributed by atoms with Crippen molar-refractivity contribution in [2.45, 2.75) is 12.2 Å². The maximum Gasteiger partial charge on any atom is 0.408 e. The van der Waals surface area contributed by atoms with Crippen LogP contribution in [0.5, 0.6) is 0 Å². The maximum atomic E-state index is 13.3. The minimum atomic E-state index is -4.45. The van der Waals surface area contributed by atoms with Gasteiger partial charge in [0.05, 0.1) is 0 Å². The summed E-state index contributed by atoms with van der Waals surface area (Å²) in [5.74, 6) is -0.644. The van der Waals surface area contributed by atoms with Gasteiger partial charge in [0.15, 0.2) is 0 Å². The SMILES string of the molecule is Fc1ccc([C@H](N2CCNCC2)C(F)(F)F)c(Cl)c1. The highest BCUT2D eigenvalue weighted by molar-refractivity contribution is 6.31. The molecule has 0 saturated carbocycles. The average molecular weight is 297 g/mol. The standard InChI is InChI=1S/C12H13ClF4N2/c13-10-7-8(14)1-2-9(10)11(12(15,16)17)19-5-3-18-4-6-19/h1-2,7,11,18H,3-6H2/t11-/m0/s1. The summed E-state index contributed by atoms with van der Waals surface area (Å²) in [5, 5.41) is 2.80. The van der Waals surface area contributed by atoms with Gasteiger partial charge in [-0.15, -0.1) is 0 Å². The molecule has 0 radical (unpaired) electrons. The molecular formula is C12H13ClF4N2. The predicted octanol–water partition coefficient (Wildman–Crippen LogP) is 2.99. The molecule has 106 valence electrons. The Labute approximate surface area is 113 Å². The monoisotopic (exact) mass is 296 g/mol. The summed E-state index contributed by atoms with van der Waals surface area (Å²) < 4.78 is 52.7. The van der Waals surface area contributed by atoms with Gasteiger partial charge in [-0.3, -0.25) is 4.90 Å². The molecule has 1 N–H and O–H groups in total. The lowest BCUT2D eigenvalue weighted by atomic mass is 10.0. The molecule has 1 aromatic rings. The van der Waals surface area contributed by atoms with E-state index in [-0.39, 0.29) is 23.7 Å². The van der Waals surface area contributed by atoms with Crippen LogP contribution >= 0.6 is 11.6 Å². The Kier molecular flexibility index (Phi) is 4.32. The van der Waals surface area contributed by atoms with E-state index < -0.39 is 18.0 Å². The zero-order chi connectivity index (χ0) is 14.0. The summed E-state index contributed by atoms with van der Waals surface area (Å²) in [6.07, 6.45) is -4.45. The van der Waals surface area contributed by atoms with Crippen molar-refractivity contribution < 1.29 is 17.6 Å². The van der Waals surface area contributed by atoms with Gasteiger partial charge in [-0.1, -0.05) is 17.7 Å². The Morgan fingerprint density at radius 1 is 1.21 bits per heavy atom. The van der Waals surface area contributed by atoms with Gasteiger partial charge in [-0.05, 0) is 17.7 Å². The van der Waals surface area contributed by atoms with Crippen LogP contribution in [0.25, 0.3) is 0 Å². The first-order valence-corrected chi connectivity index (χ1v) is 6.24. The number of nitrogens with zero attached hydrogens (tertiary/aromatic N) is 1. The van der Waals surface area contributed by atoms with Crippen LogP contribution in [0.15, 0.2) is 18.2 Å². The molecule has 0 unspecified atom stereocenters. The smallest absolute Gasteiger partial charge is 0.314 e. The topological polar surface area (TPSA) is 15.3 Å². The molecule has 0 spiro atoms. The Hall–Kier alpha value is -0.850. The van der Waals surface area contributed by atoms with Gasteiger partial charge in [-0.25, -0.2) is 4.39 Å². The number of hydrogen-bond acceptors (Lipinski definition) is 2. The van der Waals surface area contributed by atoms with Gasteiger partial charge in [0.1, 0.15) is 11.9 Å². The van der Waals surface area contributed by atoms with Crippen LogP contribution in [-0.4, -0.2) is 37.3 Å². The molecule has 2 nitrogen and oxygen atoms in total. The highest BCUT2D eigenvalue weighted by Gasteiger charge is 2.45. The van der Waals surface area contributed by atoms with Crippen LogP contribution in [-0.2, 0) is 0 Å². The quantitative estimate of drug-likeness (QED) is 0.844. The van der Waals surface area contributed by atoms with Gasteiger partial charge in [-0.2, -0.15) is 13.2 Å². The summed E-state index contributed by atoms with van der Waals surface area (Å²) in [6, 6.07) is 1.24. The number of benzene rings is 1. The number of rotatable bonds is 2. The zero-order valence-corrected chi connectivity index (χ0v) is 10.7. The molecule has 0 aliphatic carbocycles. The van der Waals surface area contributed by atoms with Crippen molar-refractivity contribution >= 4 is 11.6 Å². The largest absolute Gasteiger partial charge is 0.408 e. The third kappa shape index (κ3) is 3.38. The lowest BCUT2D eigenvalue weighted by Crippen LogP contribution is -2.49. The first-order valence-electron chi connectivity index (χ1n) is 5.86. The van der Waals surface area contributed by atoms with E-state index in [1.54, 1.807) is 0 Å². The Morgan fingerprint density at radius 2 is 1.84 bits per heavy atom. The van der Waals surface area contributed by atoms with Crippen molar-refractivity contribution in [3.63, 3.8) is 0 Å². The molecule has 1 fully saturated rings. The van der Waals surface area contributed by atoms with Crippen molar-refractivity contribution in [3.05, 3.63) is 34.6 Å². The van der Waals surface area contributed by atoms with Crippen molar-refractivity contribution in [3.8, 4) is 0 Å². The van der Waals surface area contributed by atoms with E-state index in [9.17, 15) is 17.6 Å². The van der Waals surface area contributed by atoms with Gasteiger partial charge in [0, 0.05) is 31.2 Å². The molecule has 2 rings (SSSR count). The van der Waals surface area contributed by atoms with E-state index in [4.69, 9.17) is 11.6 Å². The predicted molar refractivity (Wildman–Crippen MR) is 64.6 cm³/mol. The molecule has 0 bridgehead atoms. The minimum absolute atomic E-state index is 0.0996. The number of alkyl halides is 3. The number of hydrogen-bond donors (Lipinski definition) is 1. The van der Waals surface area contributed by atoms with Gasteiger partial charge in [0.25, 0.3) is 0 Å². The molecule has 1 aliphatic rings. The van der Waals surface area contributed by atoms with Gasteiger partial charge >= 0.3 is 6.18 Å². The highest BCUT2D eigenvalue weighted by Crippen LogP contribution is 2.40. The van der Waals surface area contributed by atoms with Gasteiger partial charge in [0.2, 0.25) is 0 Å². The molecule has 1 saturated heterocycles. The van der Waals surface area contributed by atoms with E-state index in [1.807, 2.05) is 0 Å². The fourth-order valence-electron chi connectivity index (χ4n) is 2.24. The summed E-state index contributed by atoms with van der Waals surface area (Å²) >= 11 is 5.77. The normalized spacial score (nSPS) is 19.4. The molecule has 1 atom stereocenters. The van der Waals surface area contributed by atoms with Crippen LogP contribution in [0, 0.1) is 5.82 Å². The number of piperazine rings is 1.